The number of alkyl carbamates (subject to hydrolysis) is 1. The van der Waals surface area contributed by atoms with Crippen LogP contribution in [0.1, 0.15) is 40.0 Å². The second-order valence-corrected chi connectivity index (χ2v) is 5.21. The lowest BCUT2D eigenvalue weighted by Gasteiger charge is -2.31. The lowest BCUT2D eigenvalue weighted by atomic mass is 9.80. The standard InChI is InChI=1S/C11H21NO3/c1-11(2,3)15-10(14)12-5-4-8-6-9(13)7-8/h8-9,13H,4-7H2,1-3H3,(H,12,14). The zero-order valence-corrected chi connectivity index (χ0v) is 9.75. The molecule has 0 aromatic rings. The fourth-order valence-electron chi connectivity index (χ4n) is 1.63. The third-order valence-corrected chi connectivity index (χ3v) is 2.43. The summed E-state index contributed by atoms with van der Waals surface area (Å²) in [6.07, 6.45) is 2.20. The molecule has 15 heavy (non-hydrogen) atoms. The van der Waals surface area contributed by atoms with Crippen molar-refractivity contribution >= 4 is 6.09 Å². The smallest absolute Gasteiger partial charge is 0.407 e. The van der Waals surface area contributed by atoms with Crippen LogP contribution in [0.25, 0.3) is 0 Å². The minimum absolute atomic E-state index is 0.114. The van der Waals surface area contributed by atoms with E-state index >= 15 is 0 Å². The summed E-state index contributed by atoms with van der Waals surface area (Å²) >= 11 is 0. The van der Waals surface area contributed by atoms with Gasteiger partial charge in [-0.15, -0.1) is 0 Å². The van der Waals surface area contributed by atoms with E-state index in [0.717, 1.165) is 19.3 Å². The highest BCUT2D eigenvalue weighted by molar-refractivity contribution is 5.67. The molecule has 0 aromatic carbocycles. The predicted molar refractivity (Wildman–Crippen MR) is 57.6 cm³/mol. The molecule has 0 atom stereocenters. The Bertz CT molecular complexity index is 216. The topological polar surface area (TPSA) is 58.6 Å². The Hall–Kier alpha value is -0.770. The molecule has 1 aliphatic rings. The number of hydrogen-bond acceptors (Lipinski definition) is 3. The minimum Gasteiger partial charge on any atom is -0.444 e. The van der Waals surface area contributed by atoms with Gasteiger partial charge in [-0.25, -0.2) is 4.79 Å². The van der Waals surface area contributed by atoms with Crippen LogP contribution in [0.2, 0.25) is 0 Å². The largest absolute Gasteiger partial charge is 0.444 e. The summed E-state index contributed by atoms with van der Waals surface area (Å²) in [5.74, 6) is 0.565. The van der Waals surface area contributed by atoms with Gasteiger partial charge in [0, 0.05) is 6.54 Å². The van der Waals surface area contributed by atoms with Crippen LogP contribution >= 0.6 is 0 Å². The van der Waals surface area contributed by atoms with E-state index in [1.54, 1.807) is 0 Å². The van der Waals surface area contributed by atoms with Gasteiger partial charge in [0.2, 0.25) is 0 Å². The average molecular weight is 215 g/mol. The number of aliphatic hydroxyl groups is 1. The Balaban J connectivity index is 2.02. The van der Waals surface area contributed by atoms with Crippen molar-refractivity contribution in [3.63, 3.8) is 0 Å². The van der Waals surface area contributed by atoms with E-state index < -0.39 is 5.60 Å². The van der Waals surface area contributed by atoms with Gasteiger partial charge in [0.15, 0.2) is 0 Å². The maximum atomic E-state index is 11.2. The molecule has 1 aliphatic carbocycles. The van der Waals surface area contributed by atoms with Gasteiger partial charge < -0.3 is 15.2 Å². The van der Waals surface area contributed by atoms with E-state index in [1.807, 2.05) is 20.8 Å². The Morgan fingerprint density at radius 2 is 2.07 bits per heavy atom. The summed E-state index contributed by atoms with van der Waals surface area (Å²) in [6, 6.07) is 0. The van der Waals surface area contributed by atoms with Gasteiger partial charge in [0.05, 0.1) is 6.10 Å². The highest BCUT2D eigenvalue weighted by atomic mass is 16.6. The van der Waals surface area contributed by atoms with Crippen LogP contribution in [0.3, 0.4) is 0 Å². The molecule has 2 N–H and O–H groups in total. The van der Waals surface area contributed by atoms with Crippen LogP contribution in [0.4, 0.5) is 4.79 Å². The maximum Gasteiger partial charge on any atom is 0.407 e. The lowest BCUT2D eigenvalue weighted by molar-refractivity contribution is 0.0364. The number of hydrogen-bond donors (Lipinski definition) is 2. The molecule has 0 aromatic heterocycles. The number of carbonyl (C=O) groups excluding carboxylic acids is 1. The van der Waals surface area contributed by atoms with Gasteiger partial charge in [0.1, 0.15) is 5.60 Å². The van der Waals surface area contributed by atoms with E-state index in [4.69, 9.17) is 9.84 Å². The molecular formula is C11H21NO3. The second-order valence-electron chi connectivity index (χ2n) is 5.21. The van der Waals surface area contributed by atoms with Crippen molar-refractivity contribution in [2.45, 2.75) is 51.7 Å². The first-order valence-corrected chi connectivity index (χ1v) is 5.52. The number of carbonyl (C=O) groups is 1. The molecule has 0 radical (unpaired) electrons. The van der Waals surface area contributed by atoms with Crippen molar-refractivity contribution < 1.29 is 14.6 Å². The molecule has 0 unspecified atom stereocenters. The van der Waals surface area contributed by atoms with Crippen LogP contribution in [-0.2, 0) is 4.74 Å². The van der Waals surface area contributed by atoms with Crippen molar-refractivity contribution in [2.75, 3.05) is 6.54 Å². The Morgan fingerprint density at radius 1 is 1.47 bits per heavy atom. The van der Waals surface area contributed by atoms with E-state index in [2.05, 4.69) is 5.32 Å². The summed E-state index contributed by atoms with van der Waals surface area (Å²) in [5.41, 5.74) is -0.434. The number of amides is 1. The molecule has 0 heterocycles. The van der Waals surface area contributed by atoms with E-state index in [0.29, 0.717) is 12.5 Å². The molecule has 4 heteroatoms. The number of aliphatic hydroxyl groups excluding tert-OH is 1. The summed E-state index contributed by atoms with van der Waals surface area (Å²) in [6.45, 7) is 6.16. The monoisotopic (exact) mass is 215 g/mol. The van der Waals surface area contributed by atoms with Crippen LogP contribution < -0.4 is 5.32 Å². The Kier molecular flexibility index (Phi) is 3.97. The number of rotatable bonds is 3. The maximum absolute atomic E-state index is 11.2. The molecule has 0 bridgehead atoms. The normalized spacial score (nSPS) is 25.6. The van der Waals surface area contributed by atoms with Crippen LogP contribution in [-0.4, -0.2) is 29.4 Å². The molecule has 1 amide bonds. The molecule has 1 fully saturated rings. The molecule has 4 nitrogen and oxygen atoms in total. The van der Waals surface area contributed by atoms with Gasteiger partial charge >= 0.3 is 6.09 Å². The second kappa shape index (κ2) is 4.84. The van der Waals surface area contributed by atoms with Crippen LogP contribution in [0, 0.1) is 5.92 Å². The third kappa shape index (κ3) is 5.02. The summed E-state index contributed by atoms with van der Waals surface area (Å²) in [5, 5.41) is 11.8. The molecule has 0 aliphatic heterocycles. The van der Waals surface area contributed by atoms with Gasteiger partial charge in [-0.3, -0.25) is 0 Å². The fraction of sp³-hybridized carbons (Fsp3) is 0.909. The van der Waals surface area contributed by atoms with E-state index in [-0.39, 0.29) is 12.2 Å². The minimum atomic E-state index is -0.434. The van der Waals surface area contributed by atoms with E-state index in [1.165, 1.54) is 0 Å². The van der Waals surface area contributed by atoms with Gasteiger partial charge in [-0.1, -0.05) is 0 Å². The average Bonchev–Trinajstić information content (AvgIpc) is 1.97. The highest BCUT2D eigenvalue weighted by Crippen LogP contribution is 2.29. The third-order valence-electron chi connectivity index (χ3n) is 2.43. The summed E-state index contributed by atoms with van der Waals surface area (Å²) < 4.78 is 5.09. The van der Waals surface area contributed by atoms with Crippen molar-refractivity contribution in [1.82, 2.24) is 5.32 Å². The molecular weight excluding hydrogens is 194 g/mol. The number of nitrogens with one attached hydrogen (secondary N) is 1. The van der Waals surface area contributed by atoms with Gasteiger partial charge in [0.25, 0.3) is 0 Å². The lowest BCUT2D eigenvalue weighted by Crippen LogP contribution is -2.35. The van der Waals surface area contributed by atoms with Crippen molar-refractivity contribution in [3.8, 4) is 0 Å². The van der Waals surface area contributed by atoms with Crippen molar-refractivity contribution in [2.24, 2.45) is 5.92 Å². The fourth-order valence-corrected chi connectivity index (χ4v) is 1.63. The highest BCUT2D eigenvalue weighted by Gasteiger charge is 2.26. The molecule has 88 valence electrons. The molecule has 0 spiro atoms. The SMILES string of the molecule is CC(C)(C)OC(=O)NCCC1CC(O)C1. The first-order valence-electron chi connectivity index (χ1n) is 5.52. The van der Waals surface area contributed by atoms with Crippen LogP contribution in [0.5, 0.6) is 0 Å². The summed E-state index contributed by atoms with van der Waals surface area (Å²) in [4.78, 5) is 11.2. The Morgan fingerprint density at radius 3 is 2.53 bits per heavy atom. The van der Waals surface area contributed by atoms with E-state index in [9.17, 15) is 4.79 Å². The quantitative estimate of drug-likeness (QED) is 0.753. The first-order chi connectivity index (χ1) is 6.87. The van der Waals surface area contributed by atoms with Gasteiger partial charge in [-0.05, 0) is 46.0 Å². The predicted octanol–water partition coefficient (Wildman–Crippen LogP) is 1.67. The van der Waals surface area contributed by atoms with Crippen LogP contribution in [0.15, 0.2) is 0 Å². The van der Waals surface area contributed by atoms with Gasteiger partial charge in [-0.2, -0.15) is 0 Å². The van der Waals surface area contributed by atoms with Crippen molar-refractivity contribution in [3.05, 3.63) is 0 Å². The zero-order valence-electron chi connectivity index (χ0n) is 9.75. The molecule has 1 rings (SSSR count). The summed E-state index contributed by atoms with van der Waals surface area (Å²) in [7, 11) is 0. The van der Waals surface area contributed by atoms with Crippen molar-refractivity contribution in [1.29, 1.82) is 0 Å². The zero-order chi connectivity index (χ0) is 11.5. The Labute approximate surface area is 91.0 Å². The number of ether oxygens (including phenoxy) is 1. The first kappa shape index (κ1) is 12.3. The molecule has 0 saturated heterocycles. The molecule has 1 saturated carbocycles.